The number of nitrogens with zero attached hydrogens (tertiary/aromatic N) is 3. The maximum absolute atomic E-state index is 5.91. The van der Waals surface area contributed by atoms with Gasteiger partial charge in [0.1, 0.15) is 12.7 Å². The number of rotatable bonds is 2. The van der Waals surface area contributed by atoms with Gasteiger partial charge in [-0.1, -0.05) is 19.1 Å². The summed E-state index contributed by atoms with van der Waals surface area (Å²) in [5, 5.41) is 7.54. The number of hydrogen-bond acceptors (Lipinski definition) is 3. The Hall–Kier alpha value is -1.84. The standard InChI is InChI=1S/C10H12N4/c1-2-8-4-3-5-9(11)10(8)14-6-12-13-7-14/h3-7H,2,11H2,1H3. The highest BCUT2D eigenvalue weighted by atomic mass is 15.2. The molecule has 0 bridgehead atoms. The van der Waals surface area contributed by atoms with E-state index >= 15 is 0 Å². The van der Waals surface area contributed by atoms with E-state index < -0.39 is 0 Å². The second kappa shape index (κ2) is 3.49. The number of anilines is 1. The van der Waals surface area contributed by atoms with Crippen LogP contribution in [0.25, 0.3) is 5.69 Å². The fourth-order valence-corrected chi connectivity index (χ4v) is 1.53. The van der Waals surface area contributed by atoms with Crippen molar-refractivity contribution in [3.63, 3.8) is 0 Å². The van der Waals surface area contributed by atoms with Gasteiger partial charge in [0, 0.05) is 0 Å². The Kier molecular flexibility index (Phi) is 2.18. The van der Waals surface area contributed by atoms with Crippen LogP contribution in [0.3, 0.4) is 0 Å². The van der Waals surface area contributed by atoms with E-state index in [9.17, 15) is 0 Å². The summed E-state index contributed by atoms with van der Waals surface area (Å²) >= 11 is 0. The molecule has 4 heteroatoms. The summed E-state index contributed by atoms with van der Waals surface area (Å²) in [5.74, 6) is 0. The molecular formula is C10H12N4. The Morgan fingerprint density at radius 3 is 2.64 bits per heavy atom. The number of nitrogen functional groups attached to an aromatic ring is 1. The highest BCUT2D eigenvalue weighted by Gasteiger charge is 2.06. The van der Waals surface area contributed by atoms with Crippen LogP contribution < -0.4 is 5.73 Å². The highest BCUT2D eigenvalue weighted by Crippen LogP contribution is 2.21. The van der Waals surface area contributed by atoms with Gasteiger partial charge < -0.3 is 5.73 Å². The molecule has 1 heterocycles. The van der Waals surface area contributed by atoms with Gasteiger partial charge in [-0.3, -0.25) is 4.57 Å². The summed E-state index contributed by atoms with van der Waals surface area (Å²) in [6.07, 6.45) is 4.26. The molecule has 2 rings (SSSR count). The third-order valence-corrected chi connectivity index (χ3v) is 2.21. The molecule has 0 aliphatic rings. The summed E-state index contributed by atoms with van der Waals surface area (Å²) in [6, 6.07) is 5.90. The Morgan fingerprint density at radius 2 is 2.00 bits per heavy atom. The highest BCUT2D eigenvalue weighted by molar-refractivity contribution is 5.61. The van der Waals surface area contributed by atoms with Crippen LogP contribution in [0.1, 0.15) is 12.5 Å². The molecule has 0 spiro atoms. The lowest BCUT2D eigenvalue weighted by Gasteiger charge is -2.10. The predicted octanol–water partition coefficient (Wildman–Crippen LogP) is 1.41. The van der Waals surface area contributed by atoms with Crippen molar-refractivity contribution in [1.82, 2.24) is 14.8 Å². The molecule has 2 N–H and O–H groups in total. The number of hydrogen-bond donors (Lipinski definition) is 1. The zero-order chi connectivity index (χ0) is 9.97. The van der Waals surface area contributed by atoms with Crippen molar-refractivity contribution in [3.8, 4) is 5.69 Å². The van der Waals surface area contributed by atoms with E-state index in [1.807, 2.05) is 16.7 Å². The van der Waals surface area contributed by atoms with Crippen molar-refractivity contribution in [2.24, 2.45) is 0 Å². The first-order chi connectivity index (χ1) is 6.83. The van der Waals surface area contributed by atoms with Crippen LogP contribution in [0.2, 0.25) is 0 Å². The number of aryl methyl sites for hydroxylation is 1. The molecule has 0 aliphatic carbocycles. The van der Waals surface area contributed by atoms with E-state index in [4.69, 9.17) is 5.73 Å². The molecule has 72 valence electrons. The van der Waals surface area contributed by atoms with Crippen molar-refractivity contribution < 1.29 is 0 Å². The minimum atomic E-state index is 0.754. The van der Waals surface area contributed by atoms with Gasteiger partial charge in [0.25, 0.3) is 0 Å². The van der Waals surface area contributed by atoms with Gasteiger partial charge in [-0.25, -0.2) is 0 Å². The van der Waals surface area contributed by atoms with E-state index in [0.29, 0.717) is 0 Å². The SMILES string of the molecule is CCc1cccc(N)c1-n1cnnc1. The van der Waals surface area contributed by atoms with Crippen LogP contribution in [0, 0.1) is 0 Å². The molecule has 0 saturated carbocycles. The van der Waals surface area contributed by atoms with E-state index in [0.717, 1.165) is 17.8 Å². The monoisotopic (exact) mass is 188 g/mol. The van der Waals surface area contributed by atoms with Crippen LogP contribution >= 0.6 is 0 Å². The Morgan fingerprint density at radius 1 is 1.29 bits per heavy atom. The zero-order valence-corrected chi connectivity index (χ0v) is 8.01. The lowest BCUT2D eigenvalue weighted by molar-refractivity contribution is 1.00. The van der Waals surface area contributed by atoms with E-state index in [-0.39, 0.29) is 0 Å². The molecule has 0 saturated heterocycles. The molecule has 14 heavy (non-hydrogen) atoms. The second-order valence-electron chi connectivity index (χ2n) is 3.08. The Balaban J connectivity index is 2.61. The average Bonchev–Trinajstić information content (AvgIpc) is 2.70. The molecule has 0 aliphatic heterocycles. The van der Waals surface area contributed by atoms with Gasteiger partial charge in [0.05, 0.1) is 11.4 Å². The van der Waals surface area contributed by atoms with Crippen molar-refractivity contribution in [2.75, 3.05) is 5.73 Å². The largest absolute Gasteiger partial charge is 0.397 e. The van der Waals surface area contributed by atoms with Crippen molar-refractivity contribution in [3.05, 3.63) is 36.4 Å². The van der Waals surface area contributed by atoms with E-state index in [2.05, 4.69) is 23.2 Å². The topological polar surface area (TPSA) is 56.7 Å². The summed E-state index contributed by atoms with van der Waals surface area (Å²) in [4.78, 5) is 0. The summed E-state index contributed by atoms with van der Waals surface area (Å²) in [6.45, 7) is 2.10. The quantitative estimate of drug-likeness (QED) is 0.725. The van der Waals surface area contributed by atoms with Crippen molar-refractivity contribution in [1.29, 1.82) is 0 Å². The average molecular weight is 188 g/mol. The summed E-state index contributed by atoms with van der Waals surface area (Å²) in [5.41, 5.74) is 8.85. The molecule has 0 unspecified atom stereocenters. The van der Waals surface area contributed by atoms with Crippen LogP contribution in [0.15, 0.2) is 30.9 Å². The van der Waals surface area contributed by atoms with Gasteiger partial charge in [-0.2, -0.15) is 0 Å². The minimum absolute atomic E-state index is 0.754. The van der Waals surface area contributed by atoms with Gasteiger partial charge in [0.2, 0.25) is 0 Å². The fraction of sp³-hybridized carbons (Fsp3) is 0.200. The van der Waals surface area contributed by atoms with Gasteiger partial charge in [0.15, 0.2) is 0 Å². The summed E-state index contributed by atoms with van der Waals surface area (Å²) in [7, 11) is 0. The molecule has 0 fully saturated rings. The first kappa shape index (κ1) is 8.74. The second-order valence-corrected chi connectivity index (χ2v) is 3.08. The maximum atomic E-state index is 5.91. The number of para-hydroxylation sites is 1. The van der Waals surface area contributed by atoms with Crippen LogP contribution in [0.5, 0.6) is 0 Å². The molecule has 1 aromatic heterocycles. The van der Waals surface area contributed by atoms with E-state index in [1.54, 1.807) is 12.7 Å². The molecule has 2 aromatic rings. The smallest absolute Gasteiger partial charge is 0.123 e. The lowest BCUT2D eigenvalue weighted by Crippen LogP contribution is -2.01. The number of aromatic nitrogens is 3. The Bertz CT molecular complexity index is 420. The van der Waals surface area contributed by atoms with Crippen LogP contribution in [-0.4, -0.2) is 14.8 Å². The van der Waals surface area contributed by atoms with E-state index in [1.165, 1.54) is 5.56 Å². The first-order valence-electron chi connectivity index (χ1n) is 4.55. The molecule has 0 atom stereocenters. The third-order valence-electron chi connectivity index (χ3n) is 2.21. The zero-order valence-electron chi connectivity index (χ0n) is 8.01. The predicted molar refractivity (Wildman–Crippen MR) is 55.1 cm³/mol. The van der Waals surface area contributed by atoms with Crippen molar-refractivity contribution >= 4 is 5.69 Å². The lowest BCUT2D eigenvalue weighted by atomic mass is 10.1. The van der Waals surface area contributed by atoms with Crippen molar-refractivity contribution in [2.45, 2.75) is 13.3 Å². The summed E-state index contributed by atoms with van der Waals surface area (Å²) < 4.78 is 1.84. The van der Waals surface area contributed by atoms with Gasteiger partial charge in [-0.05, 0) is 18.1 Å². The molecule has 0 radical (unpaired) electrons. The van der Waals surface area contributed by atoms with Crippen LogP contribution in [-0.2, 0) is 6.42 Å². The Labute approximate surface area is 82.4 Å². The van der Waals surface area contributed by atoms with Crippen LogP contribution in [0.4, 0.5) is 5.69 Å². The first-order valence-corrected chi connectivity index (χ1v) is 4.55. The number of benzene rings is 1. The maximum Gasteiger partial charge on any atom is 0.123 e. The fourth-order valence-electron chi connectivity index (χ4n) is 1.53. The molecular weight excluding hydrogens is 176 g/mol. The molecule has 0 amide bonds. The van der Waals surface area contributed by atoms with Gasteiger partial charge >= 0.3 is 0 Å². The molecule has 1 aromatic carbocycles. The third kappa shape index (κ3) is 1.35. The normalized spacial score (nSPS) is 10.4. The number of nitrogens with two attached hydrogens (primary N) is 1. The van der Waals surface area contributed by atoms with Gasteiger partial charge in [-0.15, -0.1) is 10.2 Å². The molecule has 4 nitrogen and oxygen atoms in total. The minimum Gasteiger partial charge on any atom is -0.397 e.